The first-order valence-corrected chi connectivity index (χ1v) is 8.75. The molecule has 122 valence electrons. The Kier molecular flexibility index (Phi) is 5.46. The lowest BCUT2D eigenvalue weighted by atomic mass is 10.2. The molecule has 0 radical (unpaired) electrons. The van der Waals surface area contributed by atoms with Gasteiger partial charge in [0.15, 0.2) is 0 Å². The van der Waals surface area contributed by atoms with Gasteiger partial charge in [-0.1, -0.05) is 17.7 Å². The zero-order chi connectivity index (χ0) is 16.8. The van der Waals surface area contributed by atoms with Crippen LogP contribution in [0.5, 0.6) is 0 Å². The average Bonchev–Trinajstić information content (AvgIpc) is 3.10. The van der Waals surface area contributed by atoms with E-state index in [-0.39, 0.29) is 6.03 Å². The summed E-state index contributed by atoms with van der Waals surface area (Å²) >= 11 is 7.50. The van der Waals surface area contributed by atoms with Crippen molar-refractivity contribution in [3.8, 4) is 0 Å². The number of carbonyl (C=O) groups is 1. The number of rotatable bonds is 5. The van der Waals surface area contributed by atoms with Gasteiger partial charge < -0.3 is 10.2 Å². The number of nitrogens with one attached hydrogen (secondary N) is 1. The molecule has 0 aliphatic heterocycles. The second-order valence-corrected chi connectivity index (χ2v) is 6.46. The summed E-state index contributed by atoms with van der Waals surface area (Å²) in [7, 11) is 0. The van der Waals surface area contributed by atoms with Crippen LogP contribution in [-0.4, -0.2) is 15.9 Å². The zero-order valence-electron chi connectivity index (χ0n) is 12.9. The summed E-state index contributed by atoms with van der Waals surface area (Å²) in [5.74, 6) is 0. The quantitative estimate of drug-likeness (QED) is 0.696. The van der Waals surface area contributed by atoms with Gasteiger partial charge in [-0.25, -0.2) is 4.79 Å². The first-order chi connectivity index (χ1) is 11.7. The second kappa shape index (κ2) is 7.95. The van der Waals surface area contributed by atoms with E-state index in [0.717, 1.165) is 11.3 Å². The number of pyridine rings is 1. The molecule has 1 aromatic carbocycles. The Bertz CT molecular complexity index is 776. The van der Waals surface area contributed by atoms with E-state index >= 15 is 0 Å². The Morgan fingerprint density at radius 1 is 1.12 bits per heavy atom. The normalized spacial score (nSPS) is 10.4. The monoisotopic (exact) mass is 357 g/mol. The Morgan fingerprint density at radius 2 is 1.96 bits per heavy atom. The van der Waals surface area contributed by atoms with E-state index in [1.54, 1.807) is 46.7 Å². The van der Waals surface area contributed by atoms with Crippen molar-refractivity contribution in [2.45, 2.75) is 13.1 Å². The SMILES string of the molecule is O=C(Nc1ccc(Cl)cc1)N(Cc1ccsc1)Cc1ccccn1. The summed E-state index contributed by atoms with van der Waals surface area (Å²) in [5.41, 5.74) is 2.65. The molecule has 0 aliphatic rings. The van der Waals surface area contributed by atoms with Crippen molar-refractivity contribution < 1.29 is 4.79 Å². The lowest BCUT2D eigenvalue weighted by molar-refractivity contribution is 0.206. The van der Waals surface area contributed by atoms with Crippen LogP contribution >= 0.6 is 22.9 Å². The first kappa shape index (κ1) is 16.5. The van der Waals surface area contributed by atoms with Crippen LogP contribution in [0.1, 0.15) is 11.3 Å². The average molecular weight is 358 g/mol. The molecule has 3 aromatic rings. The number of benzene rings is 1. The van der Waals surface area contributed by atoms with Crippen LogP contribution in [0.3, 0.4) is 0 Å². The van der Waals surface area contributed by atoms with E-state index in [1.165, 1.54) is 0 Å². The van der Waals surface area contributed by atoms with Gasteiger partial charge in [0.05, 0.1) is 12.2 Å². The summed E-state index contributed by atoms with van der Waals surface area (Å²) in [4.78, 5) is 18.7. The van der Waals surface area contributed by atoms with Crippen LogP contribution in [0.2, 0.25) is 5.02 Å². The van der Waals surface area contributed by atoms with E-state index in [2.05, 4.69) is 10.3 Å². The van der Waals surface area contributed by atoms with Crippen LogP contribution in [0, 0.1) is 0 Å². The molecule has 2 amide bonds. The molecule has 0 spiro atoms. The molecule has 0 bridgehead atoms. The fourth-order valence-corrected chi connectivity index (χ4v) is 3.01. The topological polar surface area (TPSA) is 45.2 Å². The molecule has 0 atom stereocenters. The van der Waals surface area contributed by atoms with Gasteiger partial charge in [0, 0.05) is 23.5 Å². The predicted octanol–water partition coefficient (Wildman–Crippen LogP) is 5.03. The summed E-state index contributed by atoms with van der Waals surface area (Å²) in [6, 6.07) is 14.6. The number of aromatic nitrogens is 1. The van der Waals surface area contributed by atoms with Gasteiger partial charge in [-0.2, -0.15) is 11.3 Å². The minimum absolute atomic E-state index is 0.172. The molecule has 0 saturated heterocycles. The molecule has 0 aliphatic carbocycles. The number of hydrogen-bond acceptors (Lipinski definition) is 3. The molecule has 0 saturated carbocycles. The molecule has 4 nitrogen and oxygen atoms in total. The van der Waals surface area contributed by atoms with E-state index in [4.69, 9.17) is 11.6 Å². The van der Waals surface area contributed by atoms with Gasteiger partial charge in [0.25, 0.3) is 0 Å². The minimum atomic E-state index is -0.172. The van der Waals surface area contributed by atoms with Gasteiger partial charge in [-0.15, -0.1) is 0 Å². The zero-order valence-corrected chi connectivity index (χ0v) is 14.4. The van der Waals surface area contributed by atoms with Gasteiger partial charge in [0.1, 0.15) is 0 Å². The van der Waals surface area contributed by atoms with Crippen molar-refractivity contribution >= 4 is 34.7 Å². The van der Waals surface area contributed by atoms with Crippen molar-refractivity contribution in [1.82, 2.24) is 9.88 Å². The highest BCUT2D eigenvalue weighted by atomic mass is 35.5. The van der Waals surface area contributed by atoms with Gasteiger partial charge in [-0.3, -0.25) is 4.98 Å². The van der Waals surface area contributed by atoms with Crippen molar-refractivity contribution in [3.05, 3.63) is 81.8 Å². The summed E-state index contributed by atoms with van der Waals surface area (Å²) in [6.45, 7) is 0.968. The summed E-state index contributed by atoms with van der Waals surface area (Å²) in [6.07, 6.45) is 1.73. The Hall–Kier alpha value is -2.37. The second-order valence-electron chi connectivity index (χ2n) is 5.25. The fourth-order valence-electron chi connectivity index (χ4n) is 2.23. The number of carbonyl (C=O) groups excluding carboxylic acids is 1. The maximum absolute atomic E-state index is 12.7. The molecule has 3 rings (SSSR count). The summed E-state index contributed by atoms with van der Waals surface area (Å²) < 4.78 is 0. The Labute approximate surface area is 149 Å². The molecular weight excluding hydrogens is 342 g/mol. The third-order valence-corrected chi connectivity index (χ3v) is 4.40. The smallest absolute Gasteiger partial charge is 0.314 e. The molecule has 6 heteroatoms. The molecule has 0 fully saturated rings. The van der Waals surface area contributed by atoms with Crippen LogP contribution in [0.15, 0.2) is 65.5 Å². The predicted molar refractivity (Wildman–Crippen MR) is 98.3 cm³/mol. The highest BCUT2D eigenvalue weighted by Gasteiger charge is 2.15. The van der Waals surface area contributed by atoms with Crippen molar-refractivity contribution in [3.63, 3.8) is 0 Å². The molecule has 2 heterocycles. The highest BCUT2D eigenvalue weighted by Crippen LogP contribution is 2.16. The maximum Gasteiger partial charge on any atom is 0.322 e. The standard InChI is InChI=1S/C18H16ClN3OS/c19-15-4-6-16(7-5-15)21-18(23)22(11-14-8-10-24-13-14)12-17-3-1-2-9-20-17/h1-10,13H,11-12H2,(H,21,23). The van der Waals surface area contributed by atoms with E-state index in [0.29, 0.717) is 23.8 Å². The lowest BCUT2D eigenvalue weighted by Crippen LogP contribution is -2.34. The number of amides is 2. The number of hydrogen-bond donors (Lipinski definition) is 1. The Balaban J connectivity index is 1.74. The van der Waals surface area contributed by atoms with Crippen LogP contribution < -0.4 is 5.32 Å². The van der Waals surface area contributed by atoms with Crippen molar-refractivity contribution in [2.24, 2.45) is 0 Å². The molecular formula is C18H16ClN3OS. The summed E-state index contributed by atoms with van der Waals surface area (Å²) in [5, 5.41) is 7.59. The number of nitrogens with zero attached hydrogens (tertiary/aromatic N) is 2. The molecule has 0 unspecified atom stereocenters. The number of thiophene rings is 1. The minimum Gasteiger partial charge on any atom is -0.314 e. The third kappa shape index (κ3) is 4.57. The highest BCUT2D eigenvalue weighted by molar-refractivity contribution is 7.07. The fraction of sp³-hybridized carbons (Fsp3) is 0.111. The third-order valence-electron chi connectivity index (χ3n) is 3.42. The van der Waals surface area contributed by atoms with E-state index < -0.39 is 0 Å². The largest absolute Gasteiger partial charge is 0.322 e. The van der Waals surface area contributed by atoms with Gasteiger partial charge >= 0.3 is 6.03 Å². The molecule has 24 heavy (non-hydrogen) atoms. The Morgan fingerprint density at radius 3 is 2.62 bits per heavy atom. The lowest BCUT2D eigenvalue weighted by Gasteiger charge is -2.22. The first-order valence-electron chi connectivity index (χ1n) is 7.43. The van der Waals surface area contributed by atoms with Crippen molar-refractivity contribution in [1.29, 1.82) is 0 Å². The number of anilines is 1. The van der Waals surface area contributed by atoms with Crippen LogP contribution in [0.4, 0.5) is 10.5 Å². The van der Waals surface area contributed by atoms with Gasteiger partial charge in [0.2, 0.25) is 0 Å². The molecule has 1 N–H and O–H groups in total. The number of halogens is 1. The molecule has 2 aromatic heterocycles. The van der Waals surface area contributed by atoms with Crippen molar-refractivity contribution in [2.75, 3.05) is 5.32 Å². The van der Waals surface area contributed by atoms with Crippen LogP contribution in [-0.2, 0) is 13.1 Å². The van der Waals surface area contributed by atoms with E-state index in [1.807, 2.05) is 35.0 Å². The van der Waals surface area contributed by atoms with E-state index in [9.17, 15) is 4.79 Å². The maximum atomic E-state index is 12.7. The van der Waals surface area contributed by atoms with Crippen LogP contribution in [0.25, 0.3) is 0 Å². The number of urea groups is 1. The van der Waals surface area contributed by atoms with Gasteiger partial charge in [-0.05, 0) is 58.8 Å².